The van der Waals surface area contributed by atoms with E-state index < -0.39 is 93.2 Å². The molecule has 0 fully saturated rings. The first-order chi connectivity index (χ1) is 18.0. The third kappa shape index (κ3) is 22.9. The fraction of sp³-hybridized carbons (Fsp3) is 0.667. The molecule has 0 rings (SSSR count). The number of carbonyl (C=O) groups is 6. The average molecular weight is 631 g/mol. The second kappa shape index (κ2) is 25.0. The third-order valence-corrected chi connectivity index (χ3v) is 3.77. The molecule has 0 unspecified atom stereocenters. The van der Waals surface area contributed by atoms with E-state index in [1.807, 2.05) is 0 Å². The Morgan fingerprint density at radius 3 is 0.800 bits per heavy atom. The van der Waals surface area contributed by atoms with Crippen LogP contribution in [0.2, 0.25) is 0 Å². The van der Waals surface area contributed by atoms with Crippen molar-refractivity contribution in [2.75, 3.05) is 19.8 Å². The van der Waals surface area contributed by atoms with Crippen LogP contribution in [0.1, 0.15) is 0 Å². The van der Waals surface area contributed by atoms with Crippen LogP contribution < -0.4 is 15.3 Å². The Hall–Kier alpha value is -3.01. The van der Waals surface area contributed by atoms with E-state index in [2.05, 4.69) is 14.2 Å². The monoisotopic (exact) mass is 631 g/mol. The van der Waals surface area contributed by atoms with Gasteiger partial charge in [-0.3, -0.25) is 0 Å². The molecule has 0 saturated heterocycles. The van der Waals surface area contributed by atoms with Crippen LogP contribution in [0.15, 0.2) is 0 Å². The van der Waals surface area contributed by atoms with Gasteiger partial charge in [0.05, 0.1) is 19.8 Å². The minimum Gasteiger partial charge on any atom is -0.547 e. The maximum atomic E-state index is 9.90. The first kappa shape index (κ1) is 44.0. The van der Waals surface area contributed by atoms with Crippen molar-refractivity contribution in [2.24, 2.45) is 0 Å². The van der Waals surface area contributed by atoms with Gasteiger partial charge in [0.25, 0.3) is 18.5 Å². The first-order valence-electron chi connectivity index (χ1n) is 9.96. The number of aldehydes is 3. The smallest absolute Gasteiger partial charge is 0.547 e. The van der Waals surface area contributed by atoms with Gasteiger partial charge >= 0.3 is 17.4 Å². The van der Waals surface area contributed by atoms with Gasteiger partial charge in [-0.25, -0.2) is 0 Å². The number of rotatable bonds is 15. The summed E-state index contributed by atoms with van der Waals surface area (Å²) < 4.78 is 11.4. The summed E-state index contributed by atoms with van der Waals surface area (Å²) in [6, 6.07) is 0. The molecule has 9 N–H and O–H groups in total. The third-order valence-electron chi connectivity index (χ3n) is 3.77. The molecule has 231 valence electrons. The van der Waals surface area contributed by atoms with Crippen LogP contribution in [0.3, 0.4) is 0 Å². The molecule has 0 amide bonds. The minimum absolute atomic E-state index is 0. The average Bonchev–Trinajstić information content (AvgIpc) is 2.90. The molecule has 21 nitrogen and oxygen atoms in total. The Balaban J connectivity index is -0.000000240. The van der Waals surface area contributed by atoms with Crippen LogP contribution in [0, 0.1) is 0 Å². The van der Waals surface area contributed by atoms with Crippen molar-refractivity contribution in [1.29, 1.82) is 0 Å². The van der Waals surface area contributed by atoms with E-state index in [1.54, 1.807) is 0 Å². The zero-order valence-electron chi connectivity index (χ0n) is 19.9. The summed E-state index contributed by atoms with van der Waals surface area (Å²) in [5.74, 6) is 0. The molecule has 0 aliphatic rings. The second-order valence-electron chi connectivity index (χ2n) is 6.74. The van der Waals surface area contributed by atoms with Gasteiger partial charge in [-0.05, 0) is 0 Å². The Labute approximate surface area is 234 Å². The molecule has 22 heteroatoms. The normalized spacial score (nSPS) is 16.7. The van der Waals surface area contributed by atoms with Gasteiger partial charge in [0.1, 0.15) is 54.9 Å². The van der Waals surface area contributed by atoms with Crippen molar-refractivity contribution in [1.82, 2.24) is 0 Å². The molecular weight excluding hydrogens is 604 g/mol. The number of aliphatic hydroxyl groups is 9. The van der Waals surface area contributed by atoms with Crippen LogP contribution in [0.4, 0.5) is 14.4 Å². The molecule has 0 aromatic heterocycles. The van der Waals surface area contributed by atoms with Gasteiger partial charge in [0.15, 0.2) is 18.9 Å². The van der Waals surface area contributed by atoms with Gasteiger partial charge in [-0.1, -0.05) is 0 Å². The maximum absolute atomic E-state index is 9.90. The van der Waals surface area contributed by atoms with Gasteiger partial charge in [0, 0.05) is 0 Å². The van der Waals surface area contributed by atoms with Crippen molar-refractivity contribution >= 4 is 37.3 Å². The SMILES string of the molecule is O=C[C@@H](O)[C@H](O)[C@H](O)COC(=O)[O-].O=C[C@@H](O)[C@H](O)[C@H](O)COC(=O)[O-].O=C[C@@H](O)[C@H](O)[C@H](O)COC(=O)[O-].[Cr+3]. The predicted octanol–water partition coefficient (Wildman–Crippen LogP) is -10.1. The van der Waals surface area contributed by atoms with Gasteiger partial charge in [-0.2, -0.15) is 0 Å². The fourth-order valence-electron chi connectivity index (χ4n) is 1.68. The van der Waals surface area contributed by atoms with Crippen molar-refractivity contribution in [3.05, 3.63) is 0 Å². The summed E-state index contributed by atoms with van der Waals surface area (Å²) in [5, 5.41) is 108. The largest absolute Gasteiger partial charge is 3.00 e. The molecule has 0 spiro atoms. The van der Waals surface area contributed by atoms with Crippen LogP contribution in [-0.2, 0) is 46.0 Å². The van der Waals surface area contributed by atoms with Crippen molar-refractivity contribution in [2.45, 2.75) is 54.9 Å². The van der Waals surface area contributed by atoms with E-state index in [9.17, 15) is 44.1 Å². The summed E-state index contributed by atoms with van der Waals surface area (Å²) in [4.78, 5) is 58.8. The number of ether oxygens (including phenoxy) is 3. The van der Waals surface area contributed by atoms with E-state index in [0.717, 1.165) is 0 Å². The summed E-state index contributed by atoms with van der Waals surface area (Å²) in [6.45, 7) is -2.31. The number of carbonyl (C=O) groups excluding carboxylic acids is 6. The van der Waals surface area contributed by atoms with E-state index in [4.69, 9.17) is 46.0 Å². The fourth-order valence-corrected chi connectivity index (χ4v) is 1.68. The molecule has 9 atom stereocenters. The topological polar surface area (TPSA) is 381 Å². The van der Waals surface area contributed by atoms with Crippen LogP contribution >= 0.6 is 0 Å². The summed E-state index contributed by atoms with van der Waals surface area (Å²) >= 11 is 0. The van der Waals surface area contributed by atoms with E-state index in [0.29, 0.717) is 0 Å². The van der Waals surface area contributed by atoms with E-state index in [-0.39, 0.29) is 36.2 Å². The predicted molar refractivity (Wildman–Crippen MR) is 106 cm³/mol. The quantitative estimate of drug-likeness (QED) is 0.0460. The Morgan fingerprint density at radius 2 is 0.675 bits per heavy atom. The molecule has 0 saturated carbocycles. The van der Waals surface area contributed by atoms with Crippen molar-refractivity contribution in [3.63, 3.8) is 0 Å². The zero-order chi connectivity index (χ0) is 31.3. The number of hydrogen-bond acceptors (Lipinski definition) is 21. The van der Waals surface area contributed by atoms with Crippen LogP contribution in [-0.4, -0.2) is 158 Å². The summed E-state index contributed by atoms with van der Waals surface area (Å²) in [6.07, 6.45) is -21.3. The molecular formula is C18H27CrO21. The van der Waals surface area contributed by atoms with Gasteiger partial charge < -0.3 is 104 Å². The molecule has 1 radical (unpaired) electrons. The standard InChI is InChI=1S/3C6H10O7.Cr/c3*7-1-3(8)5(10)4(9)2-13-6(11)12;/h3*1,3-5,8-10H,2H2,(H,11,12);/q;;;+3/p-3/t3*3-,4-,5+;/m111./s1. The number of hydrogen-bond donors (Lipinski definition) is 9. The molecule has 0 aliphatic carbocycles. The van der Waals surface area contributed by atoms with Gasteiger partial charge in [-0.15, -0.1) is 0 Å². The Morgan fingerprint density at radius 1 is 0.500 bits per heavy atom. The van der Waals surface area contributed by atoms with E-state index in [1.165, 1.54) is 0 Å². The summed E-state index contributed by atoms with van der Waals surface area (Å²) in [5.41, 5.74) is 0. The molecule has 0 aliphatic heterocycles. The minimum atomic E-state index is -1.87. The molecule has 0 aromatic carbocycles. The molecule has 40 heavy (non-hydrogen) atoms. The van der Waals surface area contributed by atoms with Crippen LogP contribution in [0.5, 0.6) is 0 Å². The second-order valence-corrected chi connectivity index (χ2v) is 6.74. The first-order valence-corrected chi connectivity index (χ1v) is 9.96. The number of carboxylic acid groups (broad SMARTS) is 3. The van der Waals surface area contributed by atoms with Crippen molar-refractivity contribution in [3.8, 4) is 0 Å². The molecule has 0 bridgehead atoms. The molecule has 0 aromatic rings. The van der Waals surface area contributed by atoms with Crippen LogP contribution in [0.25, 0.3) is 0 Å². The Kier molecular flexibility index (Phi) is 27.5. The maximum Gasteiger partial charge on any atom is 3.00 e. The molecule has 0 heterocycles. The van der Waals surface area contributed by atoms with E-state index >= 15 is 0 Å². The van der Waals surface area contributed by atoms with Gasteiger partial charge in [0.2, 0.25) is 0 Å². The summed E-state index contributed by atoms with van der Waals surface area (Å²) in [7, 11) is 0. The zero-order valence-corrected chi connectivity index (χ0v) is 21.2. The number of aliphatic hydroxyl groups excluding tert-OH is 9. The Bertz CT molecular complexity index is 641. The van der Waals surface area contributed by atoms with Crippen molar-refractivity contribution < 1.29 is 122 Å².